The topological polar surface area (TPSA) is 57.6 Å². The summed E-state index contributed by atoms with van der Waals surface area (Å²) in [4.78, 5) is 2.06. The van der Waals surface area contributed by atoms with Crippen LogP contribution in [0.4, 0.5) is 5.69 Å². The number of nitrogens with zero attached hydrogens (tertiary/aromatic N) is 1. The van der Waals surface area contributed by atoms with Gasteiger partial charge in [0.05, 0.1) is 4.90 Å². The molecule has 0 saturated carbocycles. The third kappa shape index (κ3) is 5.69. The molecule has 3 rings (SSSR count). The van der Waals surface area contributed by atoms with Gasteiger partial charge in [0, 0.05) is 48.3 Å². The van der Waals surface area contributed by atoms with Gasteiger partial charge in [-0.2, -0.15) is 8.42 Å². The van der Waals surface area contributed by atoms with E-state index >= 15 is 0 Å². The normalized spacial score (nSPS) is 10.8. The summed E-state index contributed by atoms with van der Waals surface area (Å²) in [6.45, 7) is 1.39. The van der Waals surface area contributed by atoms with Crippen LogP contribution in [0.2, 0.25) is 0 Å². The molecule has 3 aromatic rings. The van der Waals surface area contributed by atoms with E-state index in [1.807, 2.05) is 36.4 Å². The van der Waals surface area contributed by atoms with Crippen molar-refractivity contribution in [2.45, 2.75) is 18.0 Å². The molecule has 6 heteroatoms. The first-order valence-corrected chi connectivity index (χ1v) is 9.37. The zero-order valence-electron chi connectivity index (χ0n) is 14.6. The standard InChI is InChI=1S/C20H19NO3S.Na/c22-25(23,24)20-13-11-19(12-14-20)21(15-17-7-3-1-4-8-17)16-18-9-5-2-6-10-18;/h1-14H,15-16H2,(H,22,23,24);. The Morgan fingerprint density at radius 1 is 0.692 bits per heavy atom. The van der Waals surface area contributed by atoms with Crippen LogP contribution in [-0.2, 0) is 23.2 Å². The van der Waals surface area contributed by atoms with E-state index in [2.05, 4.69) is 29.2 Å². The molecule has 3 aromatic carbocycles. The van der Waals surface area contributed by atoms with Crippen molar-refractivity contribution in [3.8, 4) is 0 Å². The van der Waals surface area contributed by atoms with Gasteiger partial charge in [0.2, 0.25) is 0 Å². The van der Waals surface area contributed by atoms with Gasteiger partial charge >= 0.3 is 0 Å². The Kier molecular flexibility index (Phi) is 7.43. The van der Waals surface area contributed by atoms with E-state index < -0.39 is 10.1 Å². The van der Waals surface area contributed by atoms with Gasteiger partial charge in [-0.05, 0) is 35.4 Å². The molecule has 0 heterocycles. The first-order valence-electron chi connectivity index (χ1n) is 7.93. The Morgan fingerprint density at radius 2 is 1.12 bits per heavy atom. The molecule has 1 radical (unpaired) electrons. The molecule has 0 spiro atoms. The van der Waals surface area contributed by atoms with Crippen LogP contribution in [0.5, 0.6) is 0 Å². The predicted octanol–water partition coefficient (Wildman–Crippen LogP) is 3.76. The quantitative estimate of drug-likeness (QED) is 0.526. The third-order valence-corrected chi connectivity index (χ3v) is 4.80. The van der Waals surface area contributed by atoms with Crippen LogP contribution in [0.3, 0.4) is 0 Å². The van der Waals surface area contributed by atoms with E-state index in [1.165, 1.54) is 12.1 Å². The zero-order chi connectivity index (χ0) is 17.7. The van der Waals surface area contributed by atoms with Crippen LogP contribution in [0.1, 0.15) is 11.1 Å². The van der Waals surface area contributed by atoms with Crippen LogP contribution in [-0.4, -0.2) is 42.5 Å². The Bertz CT molecular complexity index is 873. The van der Waals surface area contributed by atoms with E-state index in [1.54, 1.807) is 12.1 Å². The van der Waals surface area contributed by atoms with E-state index in [-0.39, 0.29) is 34.5 Å². The maximum atomic E-state index is 11.2. The second-order valence-corrected chi connectivity index (χ2v) is 7.22. The first-order chi connectivity index (χ1) is 12.0. The second kappa shape index (κ2) is 9.35. The molecule has 0 atom stereocenters. The Hall–Kier alpha value is -1.63. The van der Waals surface area contributed by atoms with Crippen LogP contribution in [0.15, 0.2) is 89.8 Å². The van der Waals surface area contributed by atoms with Gasteiger partial charge in [-0.15, -0.1) is 0 Å². The van der Waals surface area contributed by atoms with Crippen molar-refractivity contribution in [3.05, 3.63) is 96.1 Å². The summed E-state index contributed by atoms with van der Waals surface area (Å²) in [7, 11) is -4.18. The molecule has 0 bridgehead atoms. The average molecular weight is 376 g/mol. The Morgan fingerprint density at radius 3 is 1.50 bits per heavy atom. The molecule has 0 aliphatic rings. The summed E-state index contributed by atoms with van der Waals surface area (Å²) in [6, 6.07) is 26.5. The fourth-order valence-corrected chi connectivity index (χ4v) is 3.16. The van der Waals surface area contributed by atoms with Gasteiger partial charge in [0.15, 0.2) is 0 Å². The number of anilines is 1. The maximum absolute atomic E-state index is 11.2. The van der Waals surface area contributed by atoms with Gasteiger partial charge in [0.1, 0.15) is 0 Å². The van der Waals surface area contributed by atoms with Gasteiger partial charge in [-0.3, -0.25) is 4.55 Å². The Balaban J connectivity index is 0.00000243. The number of benzene rings is 3. The smallest absolute Gasteiger partial charge is 0.294 e. The molecule has 0 amide bonds. The minimum Gasteiger partial charge on any atom is -0.363 e. The van der Waals surface area contributed by atoms with Gasteiger partial charge in [0.25, 0.3) is 10.1 Å². The molecule has 0 aliphatic heterocycles. The first kappa shape index (κ1) is 20.7. The van der Waals surface area contributed by atoms with Gasteiger partial charge < -0.3 is 4.90 Å². The maximum Gasteiger partial charge on any atom is 0.294 e. The molecule has 0 saturated heterocycles. The van der Waals surface area contributed by atoms with E-state index in [4.69, 9.17) is 4.55 Å². The number of hydrogen-bond donors (Lipinski definition) is 1. The zero-order valence-corrected chi connectivity index (χ0v) is 17.4. The van der Waals surface area contributed by atoms with Crippen molar-refractivity contribution in [2.75, 3.05) is 4.90 Å². The molecule has 1 N–H and O–H groups in total. The van der Waals surface area contributed by atoms with Crippen molar-refractivity contribution < 1.29 is 13.0 Å². The minimum absolute atomic E-state index is 0. The van der Waals surface area contributed by atoms with Crippen LogP contribution >= 0.6 is 0 Å². The van der Waals surface area contributed by atoms with E-state index in [9.17, 15) is 8.42 Å². The monoisotopic (exact) mass is 376 g/mol. The summed E-state index contributed by atoms with van der Waals surface area (Å²) in [5, 5.41) is 0. The summed E-state index contributed by atoms with van der Waals surface area (Å²) >= 11 is 0. The predicted molar refractivity (Wildman–Crippen MR) is 105 cm³/mol. The van der Waals surface area contributed by atoms with Crippen molar-refractivity contribution in [1.82, 2.24) is 0 Å². The molecular weight excluding hydrogens is 357 g/mol. The van der Waals surface area contributed by atoms with E-state index in [0.29, 0.717) is 13.1 Å². The molecule has 0 aliphatic carbocycles. The molecule has 129 valence electrons. The SMILES string of the molecule is O=S(=O)(O)c1ccc(N(Cc2ccccc2)Cc2ccccc2)cc1.[Na]. The fourth-order valence-electron chi connectivity index (χ4n) is 2.68. The van der Waals surface area contributed by atoms with Crippen LogP contribution < -0.4 is 4.90 Å². The molecule has 4 nitrogen and oxygen atoms in total. The minimum atomic E-state index is -4.18. The summed E-state index contributed by atoms with van der Waals surface area (Å²) in [5.41, 5.74) is 3.22. The van der Waals surface area contributed by atoms with Gasteiger partial charge in [-0.25, -0.2) is 0 Å². The third-order valence-electron chi connectivity index (χ3n) is 3.93. The average Bonchev–Trinajstić information content (AvgIpc) is 2.62. The van der Waals surface area contributed by atoms with Crippen molar-refractivity contribution in [2.24, 2.45) is 0 Å². The molecule has 0 unspecified atom stereocenters. The summed E-state index contributed by atoms with van der Waals surface area (Å²) in [5.74, 6) is 0. The van der Waals surface area contributed by atoms with Gasteiger partial charge in [-0.1, -0.05) is 60.7 Å². The molecular formula is C20H19NNaO3S. The molecule has 0 fully saturated rings. The molecule has 0 aromatic heterocycles. The van der Waals surface area contributed by atoms with Crippen LogP contribution in [0.25, 0.3) is 0 Å². The molecule has 26 heavy (non-hydrogen) atoms. The van der Waals surface area contributed by atoms with Crippen LogP contribution in [0, 0.1) is 0 Å². The summed E-state index contributed by atoms with van der Waals surface area (Å²) < 4.78 is 31.6. The summed E-state index contributed by atoms with van der Waals surface area (Å²) in [6.07, 6.45) is 0. The second-order valence-electron chi connectivity index (χ2n) is 5.80. The number of rotatable bonds is 6. The van der Waals surface area contributed by atoms with E-state index in [0.717, 1.165) is 16.8 Å². The van der Waals surface area contributed by atoms with Crippen molar-refractivity contribution in [1.29, 1.82) is 0 Å². The fraction of sp³-hybridized carbons (Fsp3) is 0.100. The van der Waals surface area contributed by atoms with Crippen molar-refractivity contribution >= 4 is 45.4 Å². The van der Waals surface area contributed by atoms with Crippen molar-refractivity contribution in [3.63, 3.8) is 0 Å². The Labute approximate surface area is 176 Å². The largest absolute Gasteiger partial charge is 0.363 e. The number of hydrogen-bond acceptors (Lipinski definition) is 3.